The number of aliphatic hydroxyl groups is 1. The predicted molar refractivity (Wildman–Crippen MR) is 28.9 cm³/mol. The molecular weight excluding hydrogens is 88.1 g/mol. The molecule has 0 spiro atoms. The molecule has 1 N–H and O–H groups in total. The zero-order valence-corrected chi connectivity index (χ0v) is 4.09. The smallest absolute Gasteiger partial charge is 0.0615 e. The Hall–Kier alpha value is -0.560. The van der Waals surface area contributed by atoms with Crippen LogP contribution in [-0.4, -0.2) is 11.7 Å². The van der Waals surface area contributed by atoms with Crippen LogP contribution >= 0.6 is 0 Å². The van der Waals surface area contributed by atoms with Gasteiger partial charge in [-0.25, -0.2) is 0 Å². The molecule has 38 valence electrons. The first-order chi connectivity index (χ1) is 3.43. The van der Waals surface area contributed by atoms with E-state index in [9.17, 15) is 0 Å². The van der Waals surface area contributed by atoms with Gasteiger partial charge in [0.05, 0.1) is 6.61 Å². The Morgan fingerprint density at radius 2 is 2.57 bits per heavy atom. The topological polar surface area (TPSA) is 20.2 Å². The van der Waals surface area contributed by atoms with Crippen molar-refractivity contribution in [2.75, 3.05) is 6.61 Å². The summed E-state index contributed by atoms with van der Waals surface area (Å²) in [7, 11) is 0. The van der Waals surface area contributed by atoms with Gasteiger partial charge in [-0.2, -0.15) is 0 Å². The van der Waals surface area contributed by atoms with Crippen LogP contribution < -0.4 is 0 Å². The summed E-state index contributed by atoms with van der Waals surface area (Å²) in [6, 6.07) is 0. The molecule has 1 rings (SSSR count). The third-order valence-electron chi connectivity index (χ3n) is 0.877. The number of allylic oxidation sites excluding steroid dienone is 3. The number of hydrogen-bond acceptors (Lipinski definition) is 1. The van der Waals surface area contributed by atoms with Gasteiger partial charge >= 0.3 is 0 Å². The SMILES string of the molecule is OCC=CC1=CC1. The molecule has 0 amide bonds. The molecule has 0 saturated heterocycles. The summed E-state index contributed by atoms with van der Waals surface area (Å²) in [5.41, 5.74) is 1.34. The third kappa shape index (κ3) is 1.55. The lowest BCUT2D eigenvalue weighted by molar-refractivity contribution is 0.342. The van der Waals surface area contributed by atoms with Gasteiger partial charge in [-0.1, -0.05) is 18.2 Å². The van der Waals surface area contributed by atoms with Gasteiger partial charge in [-0.3, -0.25) is 0 Å². The summed E-state index contributed by atoms with van der Waals surface area (Å²) in [6.45, 7) is 0.164. The monoisotopic (exact) mass is 96.1 g/mol. The van der Waals surface area contributed by atoms with Gasteiger partial charge < -0.3 is 5.11 Å². The molecule has 0 unspecified atom stereocenters. The van der Waals surface area contributed by atoms with Crippen LogP contribution in [0.4, 0.5) is 0 Å². The van der Waals surface area contributed by atoms with Crippen molar-refractivity contribution in [2.24, 2.45) is 0 Å². The summed E-state index contributed by atoms with van der Waals surface area (Å²) < 4.78 is 0. The molecule has 1 nitrogen and oxygen atoms in total. The lowest BCUT2D eigenvalue weighted by Gasteiger charge is -1.72. The molecule has 0 aromatic rings. The predicted octanol–water partition coefficient (Wildman–Crippen LogP) is 0.865. The molecule has 0 heterocycles. The fourth-order valence-electron chi connectivity index (χ4n) is 0.399. The minimum absolute atomic E-state index is 0.164. The van der Waals surface area contributed by atoms with Crippen LogP contribution in [0.25, 0.3) is 0 Å². The highest BCUT2D eigenvalue weighted by Gasteiger charge is 1.99. The van der Waals surface area contributed by atoms with E-state index in [1.807, 2.05) is 6.08 Å². The molecule has 0 fully saturated rings. The normalized spacial score (nSPS) is 17.6. The third-order valence-corrected chi connectivity index (χ3v) is 0.877. The number of hydrogen-bond donors (Lipinski definition) is 1. The van der Waals surface area contributed by atoms with Crippen LogP contribution in [0, 0.1) is 0 Å². The van der Waals surface area contributed by atoms with E-state index < -0.39 is 0 Å². The highest BCUT2D eigenvalue weighted by Crippen LogP contribution is 2.18. The van der Waals surface area contributed by atoms with Gasteiger partial charge in [0.15, 0.2) is 0 Å². The molecule has 1 heteroatoms. The minimum atomic E-state index is 0.164. The maximum atomic E-state index is 8.23. The molecule has 0 aliphatic heterocycles. The van der Waals surface area contributed by atoms with E-state index in [0.29, 0.717) is 0 Å². The van der Waals surface area contributed by atoms with Crippen molar-refractivity contribution in [3.8, 4) is 0 Å². The Morgan fingerprint density at radius 1 is 1.86 bits per heavy atom. The number of aliphatic hydroxyl groups excluding tert-OH is 1. The van der Waals surface area contributed by atoms with Crippen molar-refractivity contribution in [3.05, 3.63) is 23.8 Å². The first-order valence-corrected chi connectivity index (χ1v) is 2.40. The van der Waals surface area contributed by atoms with E-state index in [0.717, 1.165) is 6.42 Å². The van der Waals surface area contributed by atoms with E-state index in [1.54, 1.807) is 6.08 Å². The Morgan fingerprint density at radius 3 is 3.00 bits per heavy atom. The fraction of sp³-hybridized carbons (Fsp3) is 0.333. The van der Waals surface area contributed by atoms with Crippen molar-refractivity contribution in [1.29, 1.82) is 0 Å². The van der Waals surface area contributed by atoms with Crippen LogP contribution in [0.1, 0.15) is 6.42 Å². The second-order valence-electron chi connectivity index (χ2n) is 1.57. The van der Waals surface area contributed by atoms with Crippen molar-refractivity contribution < 1.29 is 5.11 Å². The Balaban J connectivity index is 2.18. The van der Waals surface area contributed by atoms with E-state index >= 15 is 0 Å². The maximum Gasteiger partial charge on any atom is 0.0615 e. The van der Waals surface area contributed by atoms with E-state index in [-0.39, 0.29) is 6.61 Å². The first kappa shape index (κ1) is 4.60. The maximum absolute atomic E-state index is 8.23. The zero-order chi connectivity index (χ0) is 5.11. The van der Waals surface area contributed by atoms with Crippen molar-refractivity contribution in [1.82, 2.24) is 0 Å². The second-order valence-corrected chi connectivity index (χ2v) is 1.57. The molecule has 7 heavy (non-hydrogen) atoms. The lowest BCUT2D eigenvalue weighted by Crippen LogP contribution is -1.67. The van der Waals surface area contributed by atoms with Gasteiger partial charge in [0.2, 0.25) is 0 Å². The summed E-state index contributed by atoms with van der Waals surface area (Å²) in [4.78, 5) is 0. The first-order valence-electron chi connectivity index (χ1n) is 2.40. The minimum Gasteiger partial charge on any atom is -0.392 e. The Bertz CT molecular complexity index is 111. The average molecular weight is 96.1 g/mol. The quantitative estimate of drug-likeness (QED) is 0.540. The Labute approximate surface area is 43.0 Å². The van der Waals surface area contributed by atoms with Crippen LogP contribution in [0.5, 0.6) is 0 Å². The molecular formula is C6H8O. The van der Waals surface area contributed by atoms with Crippen molar-refractivity contribution in [3.63, 3.8) is 0 Å². The van der Waals surface area contributed by atoms with E-state index in [1.165, 1.54) is 5.57 Å². The molecule has 0 atom stereocenters. The molecule has 1 aliphatic rings. The van der Waals surface area contributed by atoms with Crippen LogP contribution in [0.2, 0.25) is 0 Å². The molecule has 0 bridgehead atoms. The van der Waals surface area contributed by atoms with Crippen LogP contribution in [0.15, 0.2) is 23.8 Å². The molecule has 0 aromatic carbocycles. The average Bonchev–Trinajstić information content (AvgIpc) is 2.42. The standard InChI is InChI=1S/C6H8O/c7-5-1-2-6-3-4-6/h1-3,7H,4-5H2. The lowest BCUT2D eigenvalue weighted by atomic mass is 10.4. The highest BCUT2D eigenvalue weighted by molar-refractivity contribution is 5.33. The molecule has 0 aromatic heterocycles. The van der Waals surface area contributed by atoms with Gasteiger partial charge in [-0.15, -0.1) is 0 Å². The molecule has 1 aliphatic carbocycles. The largest absolute Gasteiger partial charge is 0.392 e. The molecule has 0 saturated carbocycles. The van der Waals surface area contributed by atoms with Gasteiger partial charge in [0.25, 0.3) is 0 Å². The van der Waals surface area contributed by atoms with E-state index in [2.05, 4.69) is 6.08 Å². The van der Waals surface area contributed by atoms with Crippen molar-refractivity contribution >= 4 is 0 Å². The van der Waals surface area contributed by atoms with Gasteiger partial charge in [-0.05, 0) is 12.0 Å². The Kier molecular flexibility index (Phi) is 1.27. The summed E-state index contributed by atoms with van der Waals surface area (Å²) in [5, 5.41) is 8.23. The summed E-state index contributed by atoms with van der Waals surface area (Å²) in [6.07, 6.45) is 6.93. The van der Waals surface area contributed by atoms with Crippen LogP contribution in [-0.2, 0) is 0 Å². The van der Waals surface area contributed by atoms with Crippen LogP contribution in [0.3, 0.4) is 0 Å². The summed E-state index contributed by atoms with van der Waals surface area (Å²) in [5.74, 6) is 0. The fourth-order valence-corrected chi connectivity index (χ4v) is 0.399. The number of rotatable bonds is 2. The summed E-state index contributed by atoms with van der Waals surface area (Å²) >= 11 is 0. The second kappa shape index (κ2) is 1.94. The van der Waals surface area contributed by atoms with Crippen molar-refractivity contribution in [2.45, 2.75) is 6.42 Å². The molecule has 0 radical (unpaired) electrons. The van der Waals surface area contributed by atoms with E-state index in [4.69, 9.17) is 5.11 Å². The zero-order valence-electron chi connectivity index (χ0n) is 4.09. The highest BCUT2D eigenvalue weighted by atomic mass is 16.2. The van der Waals surface area contributed by atoms with Gasteiger partial charge in [0, 0.05) is 0 Å². The van der Waals surface area contributed by atoms with Gasteiger partial charge in [0.1, 0.15) is 0 Å².